The number of pyridine rings is 1. The minimum Gasteiger partial charge on any atom is -0.355 e. The van der Waals surface area contributed by atoms with Gasteiger partial charge in [-0.2, -0.15) is 5.26 Å². The van der Waals surface area contributed by atoms with Crippen molar-refractivity contribution in [3.05, 3.63) is 47.9 Å². The molecule has 1 aliphatic rings. The second kappa shape index (κ2) is 5.66. The summed E-state index contributed by atoms with van der Waals surface area (Å²) in [6, 6.07) is 9.73. The lowest BCUT2D eigenvalue weighted by atomic mass is 10.00. The van der Waals surface area contributed by atoms with E-state index in [0.717, 1.165) is 31.7 Å². The third-order valence-electron chi connectivity index (χ3n) is 3.65. The highest BCUT2D eigenvalue weighted by Crippen LogP contribution is 2.24. The van der Waals surface area contributed by atoms with Crippen molar-refractivity contribution in [3.8, 4) is 6.07 Å². The Kier molecular flexibility index (Phi) is 3.55. The average molecular weight is 265 g/mol. The monoisotopic (exact) mass is 265 g/mol. The van der Waals surface area contributed by atoms with Crippen LogP contribution in [0.15, 0.2) is 36.7 Å². The third-order valence-corrected chi connectivity index (χ3v) is 3.65. The number of hydrogen-bond acceptors (Lipinski definition) is 5. The molecule has 0 spiro atoms. The molecule has 0 bridgehead atoms. The van der Waals surface area contributed by atoms with Gasteiger partial charge in [-0.1, -0.05) is 0 Å². The highest BCUT2D eigenvalue weighted by atomic mass is 15.3. The Bertz CT molecular complexity index is 602. The number of anilines is 1. The standard InChI is InChI=1S/C15H15N5/c16-10-14-1-2-15(19-18-14)20-8-5-13(11-20)9-12-3-6-17-7-4-12/h1-4,6-7,13H,5,8-9,11H2. The van der Waals surface area contributed by atoms with Gasteiger partial charge in [0.1, 0.15) is 6.07 Å². The number of rotatable bonds is 3. The van der Waals surface area contributed by atoms with Crippen molar-refractivity contribution in [2.24, 2.45) is 5.92 Å². The SMILES string of the molecule is N#Cc1ccc(N2CCC(Cc3ccncc3)C2)nn1. The van der Waals surface area contributed by atoms with E-state index in [9.17, 15) is 0 Å². The van der Waals surface area contributed by atoms with Gasteiger partial charge in [0.15, 0.2) is 11.5 Å². The molecule has 0 saturated carbocycles. The van der Waals surface area contributed by atoms with Gasteiger partial charge in [-0.3, -0.25) is 4.98 Å². The number of aromatic nitrogens is 3. The maximum atomic E-state index is 8.73. The van der Waals surface area contributed by atoms with Gasteiger partial charge >= 0.3 is 0 Å². The first kappa shape index (κ1) is 12.5. The van der Waals surface area contributed by atoms with Crippen LogP contribution >= 0.6 is 0 Å². The summed E-state index contributed by atoms with van der Waals surface area (Å²) < 4.78 is 0. The Hall–Kier alpha value is -2.48. The van der Waals surface area contributed by atoms with Crippen LogP contribution in [0.25, 0.3) is 0 Å². The summed E-state index contributed by atoms with van der Waals surface area (Å²) >= 11 is 0. The van der Waals surface area contributed by atoms with Gasteiger partial charge in [0.05, 0.1) is 0 Å². The van der Waals surface area contributed by atoms with E-state index in [0.29, 0.717) is 11.6 Å². The lowest BCUT2D eigenvalue weighted by Crippen LogP contribution is -2.21. The molecule has 1 atom stereocenters. The van der Waals surface area contributed by atoms with Crippen molar-refractivity contribution in [2.45, 2.75) is 12.8 Å². The molecule has 3 rings (SSSR count). The van der Waals surface area contributed by atoms with Gasteiger partial charge in [-0.15, -0.1) is 10.2 Å². The largest absolute Gasteiger partial charge is 0.355 e. The maximum Gasteiger partial charge on any atom is 0.163 e. The van der Waals surface area contributed by atoms with E-state index in [1.54, 1.807) is 6.07 Å². The van der Waals surface area contributed by atoms with E-state index in [2.05, 4.69) is 32.2 Å². The fourth-order valence-electron chi connectivity index (χ4n) is 2.61. The Labute approximate surface area is 117 Å². The highest BCUT2D eigenvalue weighted by molar-refractivity contribution is 5.40. The molecule has 5 heteroatoms. The normalized spacial score (nSPS) is 17.9. The van der Waals surface area contributed by atoms with Gasteiger partial charge in [-0.05, 0) is 48.6 Å². The van der Waals surface area contributed by atoms with Crippen LogP contribution in [0.3, 0.4) is 0 Å². The van der Waals surface area contributed by atoms with E-state index in [-0.39, 0.29) is 0 Å². The Morgan fingerprint density at radius 2 is 2.05 bits per heavy atom. The summed E-state index contributed by atoms with van der Waals surface area (Å²) in [7, 11) is 0. The summed E-state index contributed by atoms with van der Waals surface area (Å²) in [5.74, 6) is 1.50. The Morgan fingerprint density at radius 3 is 2.75 bits per heavy atom. The van der Waals surface area contributed by atoms with Gasteiger partial charge in [-0.25, -0.2) is 0 Å². The van der Waals surface area contributed by atoms with Gasteiger partial charge in [0.2, 0.25) is 0 Å². The Morgan fingerprint density at radius 1 is 1.20 bits per heavy atom. The molecule has 3 heterocycles. The summed E-state index contributed by atoms with van der Waals surface area (Å²) in [5, 5.41) is 16.7. The molecule has 100 valence electrons. The van der Waals surface area contributed by atoms with Crippen molar-refractivity contribution >= 4 is 5.82 Å². The Balaban J connectivity index is 1.63. The summed E-state index contributed by atoms with van der Waals surface area (Å²) in [5.41, 5.74) is 1.69. The van der Waals surface area contributed by atoms with E-state index in [1.807, 2.05) is 24.5 Å². The van der Waals surface area contributed by atoms with Crippen LogP contribution in [-0.4, -0.2) is 28.3 Å². The molecular formula is C15H15N5. The van der Waals surface area contributed by atoms with Crippen LogP contribution in [0.4, 0.5) is 5.82 Å². The molecule has 20 heavy (non-hydrogen) atoms. The summed E-state index contributed by atoms with van der Waals surface area (Å²) in [6.07, 6.45) is 5.91. The second-order valence-corrected chi connectivity index (χ2v) is 5.05. The van der Waals surface area contributed by atoms with E-state index in [1.165, 1.54) is 5.56 Å². The molecule has 1 fully saturated rings. The van der Waals surface area contributed by atoms with Crippen molar-refractivity contribution in [3.63, 3.8) is 0 Å². The van der Waals surface area contributed by atoms with Gasteiger partial charge < -0.3 is 4.90 Å². The van der Waals surface area contributed by atoms with Crippen molar-refractivity contribution in [1.29, 1.82) is 5.26 Å². The lowest BCUT2D eigenvalue weighted by molar-refractivity contribution is 0.585. The van der Waals surface area contributed by atoms with Crippen LogP contribution in [-0.2, 0) is 6.42 Å². The molecular weight excluding hydrogens is 250 g/mol. The van der Waals surface area contributed by atoms with Crippen LogP contribution in [0, 0.1) is 17.2 Å². The zero-order valence-corrected chi connectivity index (χ0v) is 11.1. The average Bonchev–Trinajstić information content (AvgIpc) is 2.97. The zero-order valence-electron chi connectivity index (χ0n) is 11.1. The van der Waals surface area contributed by atoms with Crippen LogP contribution < -0.4 is 4.90 Å². The topological polar surface area (TPSA) is 65.7 Å². The molecule has 0 N–H and O–H groups in total. The van der Waals surface area contributed by atoms with Crippen molar-refractivity contribution in [1.82, 2.24) is 15.2 Å². The lowest BCUT2D eigenvalue weighted by Gasteiger charge is -2.16. The molecule has 0 amide bonds. The molecule has 0 aromatic carbocycles. The third kappa shape index (κ3) is 2.75. The van der Waals surface area contributed by atoms with E-state index >= 15 is 0 Å². The summed E-state index contributed by atoms with van der Waals surface area (Å²) in [4.78, 5) is 6.28. The number of hydrogen-bond donors (Lipinski definition) is 0. The van der Waals surface area contributed by atoms with Crippen LogP contribution in [0.2, 0.25) is 0 Å². The highest BCUT2D eigenvalue weighted by Gasteiger charge is 2.23. The fraction of sp³-hybridized carbons (Fsp3) is 0.333. The minimum atomic E-state index is 0.362. The van der Waals surface area contributed by atoms with Crippen molar-refractivity contribution < 1.29 is 0 Å². The van der Waals surface area contributed by atoms with Gasteiger partial charge in [0, 0.05) is 25.5 Å². The first-order valence-corrected chi connectivity index (χ1v) is 6.73. The molecule has 2 aromatic heterocycles. The molecule has 2 aromatic rings. The van der Waals surface area contributed by atoms with Gasteiger partial charge in [0.25, 0.3) is 0 Å². The predicted molar refractivity (Wildman–Crippen MR) is 75.0 cm³/mol. The van der Waals surface area contributed by atoms with E-state index in [4.69, 9.17) is 5.26 Å². The molecule has 5 nitrogen and oxygen atoms in total. The van der Waals surface area contributed by atoms with Crippen LogP contribution in [0.1, 0.15) is 17.7 Å². The van der Waals surface area contributed by atoms with Crippen LogP contribution in [0.5, 0.6) is 0 Å². The number of nitrogens with zero attached hydrogens (tertiary/aromatic N) is 5. The molecule has 1 unspecified atom stereocenters. The van der Waals surface area contributed by atoms with E-state index < -0.39 is 0 Å². The first-order chi connectivity index (χ1) is 9.85. The minimum absolute atomic E-state index is 0.362. The molecule has 1 saturated heterocycles. The quantitative estimate of drug-likeness (QED) is 0.846. The second-order valence-electron chi connectivity index (χ2n) is 5.05. The predicted octanol–water partition coefficient (Wildman–Crippen LogP) is 1.81. The zero-order chi connectivity index (χ0) is 13.8. The first-order valence-electron chi connectivity index (χ1n) is 6.73. The molecule has 1 aliphatic heterocycles. The molecule has 0 aliphatic carbocycles. The van der Waals surface area contributed by atoms with Crippen molar-refractivity contribution in [2.75, 3.05) is 18.0 Å². The number of nitriles is 1. The molecule has 0 radical (unpaired) electrons. The smallest absolute Gasteiger partial charge is 0.163 e. The fourth-order valence-corrected chi connectivity index (χ4v) is 2.61. The maximum absolute atomic E-state index is 8.73. The summed E-state index contributed by atoms with van der Waals surface area (Å²) in [6.45, 7) is 1.99.